The highest BCUT2D eigenvalue weighted by atomic mass is 32.1. The fourth-order valence-corrected chi connectivity index (χ4v) is 4.32. The lowest BCUT2D eigenvalue weighted by Crippen LogP contribution is -2.42. The van der Waals surface area contributed by atoms with Crippen molar-refractivity contribution < 1.29 is 14.3 Å². The van der Waals surface area contributed by atoms with Crippen molar-refractivity contribution in [2.45, 2.75) is 44.8 Å². The van der Waals surface area contributed by atoms with Crippen molar-refractivity contribution >= 4 is 34.6 Å². The minimum atomic E-state index is -0.323. The quantitative estimate of drug-likeness (QED) is 0.708. The Bertz CT molecular complexity index is 959. The number of nitrogens with zero attached hydrogens (tertiary/aromatic N) is 1. The molecule has 7 heteroatoms. The fourth-order valence-electron chi connectivity index (χ4n) is 4.06. The Balaban J connectivity index is 1.44. The van der Waals surface area contributed by atoms with E-state index in [2.05, 4.69) is 24.5 Å². The summed E-state index contributed by atoms with van der Waals surface area (Å²) in [6, 6.07) is 13.7. The predicted octanol–water partition coefficient (Wildman–Crippen LogP) is 4.41. The molecule has 1 amide bonds. The van der Waals surface area contributed by atoms with Gasteiger partial charge in [-0.3, -0.25) is 4.79 Å². The molecule has 0 bridgehead atoms. The van der Waals surface area contributed by atoms with Crippen LogP contribution in [0.2, 0.25) is 0 Å². The molecule has 0 spiro atoms. The van der Waals surface area contributed by atoms with Gasteiger partial charge in [0.15, 0.2) is 5.11 Å². The van der Waals surface area contributed by atoms with Crippen LogP contribution in [-0.2, 0) is 4.79 Å². The average Bonchev–Trinajstić information content (AvgIpc) is 3.13. The minimum Gasteiger partial charge on any atom is -0.497 e. The topological polar surface area (TPSA) is 62.8 Å². The third-order valence-corrected chi connectivity index (χ3v) is 5.71. The first-order valence-corrected chi connectivity index (χ1v) is 10.6. The average molecular weight is 426 g/mol. The zero-order valence-electron chi connectivity index (χ0n) is 17.5. The van der Waals surface area contributed by atoms with E-state index in [0.717, 1.165) is 47.8 Å². The van der Waals surface area contributed by atoms with E-state index in [9.17, 15) is 4.79 Å². The first-order valence-electron chi connectivity index (χ1n) is 10.2. The highest BCUT2D eigenvalue weighted by molar-refractivity contribution is 7.80. The second-order valence-electron chi connectivity index (χ2n) is 8.32. The van der Waals surface area contributed by atoms with Crippen molar-refractivity contribution in [1.29, 1.82) is 0 Å². The summed E-state index contributed by atoms with van der Waals surface area (Å²) >= 11 is 5.58. The monoisotopic (exact) mass is 425 g/mol. The molecular weight excluding hydrogens is 398 g/mol. The van der Waals surface area contributed by atoms with Crippen LogP contribution in [0.25, 0.3) is 0 Å². The molecule has 4 rings (SSSR count). The van der Waals surface area contributed by atoms with Crippen LogP contribution in [0.4, 0.5) is 11.4 Å². The SMILES string of the molecule is COc1ccc2c(c1)OC(C)(C)CC2NC(=S)Nc1ccc(N2CCCC2=O)cc1. The number of benzene rings is 2. The lowest BCUT2D eigenvalue weighted by Gasteiger charge is -2.38. The number of ether oxygens (including phenoxy) is 2. The van der Waals surface area contributed by atoms with Gasteiger partial charge in [-0.2, -0.15) is 0 Å². The summed E-state index contributed by atoms with van der Waals surface area (Å²) in [6.07, 6.45) is 2.33. The molecule has 0 aliphatic carbocycles. The van der Waals surface area contributed by atoms with Crippen molar-refractivity contribution in [1.82, 2.24) is 5.32 Å². The third kappa shape index (κ3) is 4.36. The van der Waals surface area contributed by atoms with E-state index in [-0.39, 0.29) is 17.6 Å². The van der Waals surface area contributed by atoms with Gasteiger partial charge < -0.3 is 25.0 Å². The van der Waals surface area contributed by atoms with Gasteiger partial charge in [0.25, 0.3) is 0 Å². The molecule has 30 heavy (non-hydrogen) atoms. The number of methoxy groups -OCH3 is 1. The molecule has 2 aliphatic rings. The van der Waals surface area contributed by atoms with Crippen LogP contribution in [0, 0.1) is 0 Å². The molecule has 2 N–H and O–H groups in total. The predicted molar refractivity (Wildman–Crippen MR) is 122 cm³/mol. The van der Waals surface area contributed by atoms with Crippen molar-refractivity contribution in [2.24, 2.45) is 0 Å². The van der Waals surface area contributed by atoms with Gasteiger partial charge in [-0.25, -0.2) is 0 Å². The van der Waals surface area contributed by atoms with E-state index in [4.69, 9.17) is 21.7 Å². The summed E-state index contributed by atoms with van der Waals surface area (Å²) in [5.41, 5.74) is 2.54. The molecule has 1 atom stereocenters. The standard InChI is InChI=1S/C23H27N3O3S/c1-23(2)14-19(18-11-10-17(28-3)13-20(18)29-23)25-22(30)24-15-6-8-16(9-7-15)26-12-4-5-21(26)27/h6-11,13,19H,4-5,12,14H2,1-3H3,(H2,24,25,30). The molecule has 6 nitrogen and oxygen atoms in total. The number of nitrogens with one attached hydrogen (secondary N) is 2. The maximum absolute atomic E-state index is 11.9. The van der Waals surface area contributed by atoms with Crippen LogP contribution in [0.5, 0.6) is 11.5 Å². The second kappa shape index (κ2) is 8.14. The van der Waals surface area contributed by atoms with Crippen LogP contribution in [0.3, 0.4) is 0 Å². The molecule has 2 heterocycles. The molecule has 1 fully saturated rings. The lowest BCUT2D eigenvalue weighted by atomic mass is 9.89. The first kappa shape index (κ1) is 20.5. The fraction of sp³-hybridized carbons (Fsp3) is 0.391. The van der Waals surface area contributed by atoms with Gasteiger partial charge >= 0.3 is 0 Å². The van der Waals surface area contributed by atoms with Crippen molar-refractivity contribution in [3.05, 3.63) is 48.0 Å². The van der Waals surface area contributed by atoms with E-state index in [1.807, 2.05) is 47.4 Å². The van der Waals surface area contributed by atoms with E-state index >= 15 is 0 Å². The number of amides is 1. The van der Waals surface area contributed by atoms with Gasteiger partial charge in [0.05, 0.1) is 13.2 Å². The lowest BCUT2D eigenvalue weighted by molar-refractivity contribution is -0.117. The Morgan fingerprint density at radius 3 is 2.67 bits per heavy atom. The normalized spacial score (nSPS) is 19.6. The van der Waals surface area contributed by atoms with Crippen LogP contribution < -0.4 is 25.0 Å². The van der Waals surface area contributed by atoms with E-state index < -0.39 is 0 Å². The second-order valence-corrected chi connectivity index (χ2v) is 8.72. The molecule has 2 aromatic carbocycles. The van der Waals surface area contributed by atoms with Gasteiger partial charge in [0.1, 0.15) is 17.1 Å². The van der Waals surface area contributed by atoms with E-state index in [1.165, 1.54) is 0 Å². The van der Waals surface area contributed by atoms with Gasteiger partial charge in [0.2, 0.25) is 5.91 Å². The van der Waals surface area contributed by atoms with Crippen LogP contribution in [0.1, 0.15) is 44.7 Å². The largest absolute Gasteiger partial charge is 0.497 e. The number of anilines is 2. The Morgan fingerprint density at radius 1 is 1.23 bits per heavy atom. The number of hydrogen-bond donors (Lipinski definition) is 2. The first-order chi connectivity index (χ1) is 14.3. The summed E-state index contributed by atoms with van der Waals surface area (Å²) in [6.45, 7) is 4.92. The summed E-state index contributed by atoms with van der Waals surface area (Å²) in [7, 11) is 1.65. The van der Waals surface area contributed by atoms with Crippen molar-refractivity contribution in [3.8, 4) is 11.5 Å². The van der Waals surface area contributed by atoms with Gasteiger partial charge in [-0.05, 0) is 68.9 Å². The number of carbonyl (C=O) groups is 1. The molecule has 0 radical (unpaired) electrons. The van der Waals surface area contributed by atoms with Gasteiger partial charge in [0, 0.05) is 42.4 Å². The molecule has 2 aromatic rings. The Labute approximate surface area is 182 Å². The number of thiocarbonyl (C=S) groups is 1. The Morgan fingerprint density at radius 2 is 2.00 bits per heavy atom. The van der Waals surface area contributed by atoms with E-state index in [0.29, 0.717) is 11.5 Å². The summed E-state index contributed by atoms with van der Waals surface area (Å²) in [5.74, 6) is 1.76. The minimum absolute atomic E-state index is 0.0242. The van der Waals surface area contributed by atoms with Crippen molar-refractivity contribution in [3.63, 3.8) is 0 Å². The summed E-state index contributed by atoms with van der Waals surface area (Å²) < 4.78 is 11.5. The Kier molecular flexibility index (Phi) is 5.56. The Hall–Kier alpha value is -2.80. The summed E-state index contributed by atoms with van der Waals surface area (Å²) in [4.78, 5) is 13.7. The smallest absolute Gasteiger partial charge is 0.227 e. The van der Waals surface area contributed by atoms with E-state index in [1.54, 1.807) is 7.11 Å². The molecular formula is C23H27N3O3S. The van der Waals surface area contributed by atoms with Crippen molar-refractivity contribution in [2.75, 3.05) is 23.9 Å². The zero-order valence-corrected chi connectivity index (χ0v) is 18.3. The van der Waals surface area contributed by atoms with Crippen LogP contribution in [-0.4, -0.2) is 30.3 Å². The summed E-state index contributed by atoms with van der Waals surface area (Å²) in [5, 5.41) is 7.22. The number of fused-ring (bicyclic) bond motifs is 1. The molecule has 158 valence electrons. The van der Waals surface area contributed by atoms with Gasteiger partial charge in [-0.15, -0.1) is 0 Å². The maximum atomic E-state index is 11.9. The molecule has 0 saturated carbocycles. The highest BCUT2D eigenvalue weighted by Crippen LogP contribution is 2.41. The zero-order chi connectivity index (χ0) is 21.3. The number of carbonyl (C=O) groups excluding carboxylic acids is 1. The van der Waals surface area contributed by atoms with Gasteiger partial charge in [-0.1, -0.05) is 0 Å². The molecule has 1 unspecified atom stereocenters. The number of hydrogen-bond acceptors (Lipinski definition) is 4. The number of rotatable bonds is 4. The molecule has 0 aromatic heterocycles. The highest BCUT2D eigenvalue weighted by Gasteiger charge is 2.34. The van der Waals surface area contributed by atoms with Crippen LogP contribution in [0.15, 0.2) is 42.5 Å². The van der Waals surface area contributed by atoms with Crippen LogP contribution >= 0.6 is 12.2 Å². The molecule has 2 aliphatic heterocycles. The maximum Gasteiger partial charge on any atom is 0.227 e. The molecule has 1 saturated heterocycles. The third-order valence-electron chi connectivity index (χ3n) is 5.49.